The lowest BCUT2D eigenvalue weighted by Crippen LogP contribution is -2.32. The number of ketones is 1. The van der Waals surface area contributed by atoms with Crippen molar-refractivity contribution in [2.45, 2.75) is 52.0 Å². The van der Waals surface area contributed by atoms with Crippen LogP contribution in [-0.4, -0.2) is 46.4 Å². The molecule has 1 aromatic heterocycles. The van der Waals surface area contributed by atoms with Gasteiger partial charge in [0.1, 0.15) is 15.8 Å². The minimum atomic E-state index is -0.302. The standard InChI is InChI=1S/C29H33ClN4O2S/c1-20-12-14-33(15-13-20)18-22-4-9-25(10-5-22)34-19-23(16-29(34)36)26(35)17-28-32-31-27(37-28)11-6-21-2-7-24(30)8-3-21/h2-5,7-10,20,23H,6,11-19H2,1H3. The van der Waals surface area contributed by atoms with E-state index >= 15 is 0 Å². The minimum absolute atomic E-state index is 0.0111. The van der Waals surface area contributed by atoms with E-state index in [1.807, 2.05) is 36.4 Å². The number of halogens is 1. The highest BCUT2D eigenvalue weighted by Crippen LogP contribution is 2.28. The van der Waals surface area contributed by atoms with Gasteiger partial charge in [-0.2, -0.15) is 0 Å². The van der Waals surface area contributed by atoms with E-state index in [2.05, 4.69) is 34.2 Å². The Balaban J connectivity index is 1.12. The molecule has 1 atom stereocenters. The maximum absolute atomic E-state index is 13.0. The smallest absolute Gasteiger partial charge is 0.227 e. The second kappa shape index (κ2) is 11.8. The summed E-state index contributed by atoms with van der Waals surface area (Å²) in [5.74, 6) is 0.595. The molecule has 0 spiro atoms. The number of carbonyl (C=O) groups excluding carboxylic acids is 2. The lowest BCUT2D eigenvalue weighted by Gasteiger charge is -2.30. The number of nitrogens with zero attached hydrogens (tertiary/aromatic N) is 4. The molecule has 8 heteroatoms. The summed E-state index contributed by atoms with van der Waals surface area (Å²) in [4.78, 5) is 30.0. The van der Waals surface area contributed by atoms with Crippen LogP contribution < -0.4 is 4.90 Å². The topological polar surface area (TPSA) is 66.4 Å². The highest BCUT2D eigenvalue weighted by molar-refractivity contribution is 7.11. The van der Waals surface area contributed by atoms with Crippen molar-refractivity contribution in [1.82, 2.24) is 15.1 Å². The number of amides is 1. The lowest BCUT2D eigenvalue weighted by atomic mass is 9.99. The molecule has 0 aliphatic carbocycles. The molecule has 3 heterocycles. The number of aryl methyl sites for hydroxylation is 2. The molecule has 2 saturated heterocycles. The molecule has 6 nitrogen and oxygen atoms in total. The number of Topliss-reactive ketones (excluding diaryl/α,β-unsaturated/α-hetero) is 1. The molecule has 0 radical (unpaired) electrons. The summed E-state index contributed by atoms with van der Waals surface area (Å²) in [5, 5.41) is 10.9. The molecule has 2 aromatic carbocycles. The van der Waals surface area contributed by atoms with Crippen molar-refractivity contribution in [3.05, 3.63) is 74.7 Å². The number of carbonyl (C=O) groups is 2. The van der Waals surface area contributed by atoms with Gasteiger partial charge in [0.15, 0.2) is 0 Å². The summed E-state index contributed by atoms with van der Waals surface area (Å²) in [6.07, 6.45) is 4.64. The quantitative estimate of drug-likeness (QED) is 0.367. The first-order valence-electron chi connectivity index (χ1n) is 13.1. The summed E-state index contributed by atoms with van der Waals surface area (Å²) < 4.78 is 0. The van der Waals surface area contributed by atoms with E-state index in [9.17, 15) is 9.59 Å². The maximum Gasteiger partial charge on any atom is 0.227 e. The minimum Gasteiger partial charge on any atom is -0.312 e. The monoisotopic (exact) mass is 536 g/mol. The highest BCUT2D eigenvalue weighted by atomic mass is 35.5. The van der Waals surface area contributed by atoms with Gasteiger partial charge in [0.05, 0.1) is 6.42 Å². The van der Waals surface area contributed by atoms with Crippen LogP contribution in [0.25, 0.3) is 0 Å². The van der Waals surface area contributed by atoms with Crippen molar-refractivity contribution in [1.29, 1.82) is 0 Å². The number of anilines is 1. The Morgan fingerprint density at radius 2 is 1.65 bits per heavy atom. The molecular weight excluding hydrogens is 504 g/mol. The van der Waals surface area contributed by atoms with Crippen molar-refractivity contribution >= 4 is 40.3 Å². The van der Waals surface area contributed by atoms with Crippen molar-refractivity contribution < 1.29 is 9.59 Å². The van der Waals surface area contributed by atoms with E-state index in [-0.39, 0.29) is 30.4 Å². The first-order valence-corrected chi connectivity index (χ1v) is 14.3. The summed E-state index contributed by atoms with van der Waals surface area (Å²) in [6, 6.07) is 16.1. The first kappa shape index (κ1) is 26.0. The van der Waals surface area contributed by atoms with Gasteiger partial charge >= 0.3 is 0 Å². The van der Waals surface area contributed by atoms with Gasteiger partial charge in [-0.1, -0.05) is 42.8 Å². The van der Waals surface area contributed by atoms with Crippen LogP contribution in [0.15, 0.2) is 48.5 Å². The number of benzene rings is 2. The Kier molecular flexibility index (Phi) is 8.33. The molecule has 1 unspecified atom stereocenters. The van der Waals surface area contributed by atoms with E-state index in [0.717, 1.165) is 59.1 Å². The van der Waals surface area contributed by atoms with Gasteiger partial charge in [-0.05, 0) is 73.7 Å². The average molecular weight is 537 g/mol. The number of hydrogen-bond donors (Lipinski definition) is 0. The fourth-order valence-electron chi connectivity index (χ4n) is 5.09. The van der Waals surface area contributed by atoms with Gasteiger partial charge in [-0.25, -0.2) is 0 Å². The number of piperidine rings is 1. The molecule has 2 aliphatic heterocycles. The van der Waals surface area contributed by atoms with Crippen LogP contribution in [0.2, 0.25) is 5.02 Å². The number of aromatic nitrogens is 2. The maximum atomic E-state index is 13.0. The second-order valence-corrected chi connectivity index (χ2v) is 12.0. The van der Waals surface area contributed by atoms with Crippen molar-refractivity contribution in [3.63, 3.8) is 0 Å². The van der Waals surface area contributed by atoms with Crippen molar-refractivity contribution in [3.8, 4) is 0 Å². The SMILES string of the molecule is CC1CCN(Cc2ccc(N3CC(C(=O)Cc4nnc(CCc5ccc(Cl)cc5)s4)CC3=O)cc2)CC1. The molecule has 2 fully saturated rings. The molecule has 0 bridgehead atoms. The van der Waals surface area contributed by atoms with Crippen LogP contribution in [0.1, 0.15) is 47.3 Å². The Morgan fingerprint density at radius 3 is 2.38 bits per heavy atom. The van der Waals surface area contributed by atoms with Gasteiger partial charge < -0.3 is 4.90 Å². The van der Waals surface area contributed by atoms with Crippen molar-refractivity contribution in [2.75, 3.05) is 24.5 Å². The van der Waals surface area contributed by atoms with Gasteiger partial charge in [0.2, 0.25) is 5.91 Å². The van der Waals surface area contributed by atoms with Crippen LogP contribution in [-0.2, 0) is 35.4 Å². The Morgan fingerprint density at radius 1 is 0.973 bits per heavy atom. The number of hydrogen-bond acceptors (Lipinski definition) is 6. The molecular formula is C29H33ClN4O2S. The first-order chi connectivity index (χ1) is 17.9. The van der Waals surface area contributed by atoms with E-state index < -0.39 is 0 Å². The summed E-state index contributed by atoms with van der Waals surface area (Å²) in [7, 11) is 0. The van der Waals surface area contributed by atoms with E-state index in [1.165, 1.54) is 35.3 Å². The lowest BCUT2D eigenvalue weighted by molar-refractivity contribution is -0.124. The summed E-state index contributed by atoms with van der Waals surface area (Å²) >= 11 is 7.44. The molecule has 0 saturated carbocycles. The molecule has 3 aromatic rings. The summed E-state index contributed by atoms with van der Waals surface area (Å²) in [6.45, 7) is 6.01. The molecule has 0 N–H and O–H groups in total. The number of likely N-dealkylation sites (tertiary alicyclic amines) is 1. The summed E-state index contributed by atoms with van der Waals surface area (Å²) in [5.41, 5.74) is 3.33. The van der Waals surface area contributed by atoms with Gasteiger partial charge in [0.25, 0.3) is 0 Å². The van der Waals surface area contributed by atoms with Crippen LogP contribution in [0.3, 0.4) is 0 Å². The third-order valence-corrected chi connectivity index (χ3v) is 8.72. The molecule has 37 heavy (non-hydrogen) atoms. The predicted octanol–water partition coefficient (Wildman–Crippen LogP) is 5.37. The Hall–Kier alpha value is -2.61. The van der Waals surface area contributed by atoms with Gasteiger partial charge in [-0.15, -0.1) is 21.5 Å². The van der Waals surface area contributed by atoms with E-state index in [1.54, 1.807) is 4.90 Å². The van der Waals surface area contributed by atoms with E-state index in [4.69, 9.17) is 11.6 Å². The largest absolute Gasteiger partial charge is 0.312 e. The van der Waals surface area contributed by atoms with Crippen molar-refractivity contribution in [2.24, 2.45) is 11.8 Å². The predicted molar refractivity (Wildman–Crippen MR) is 148 cm³/mol. The van der Waals surface area contributed by atoms with Gasteiger partial charge in [0, 0.05) is 42.6 Å². The number of rotatable bonds is 9. The highest BCUT2D eigenvalue weighted by Gasteiger charge is 2.35. The Bertz CT molecular complexity index is 1220. The zero-order chi connectivity index (χ0) is 25.8. The zero-order valence-corrected chi connectivity index (χ0v) is 22.8. The van der Waals surface area contributed by atoms with Crippen LogP contribution in [0.4, 0.5) is 5.69 Å². The Labute approximate surface area is 227 Å². The van der Waals surface area contributed by atoms with E-state index in [0.29, 0.717) is 6.54 Å². The fourth-order valence-corrected chi connectivity index (χ4v) is 6.07. The molecule has 194 valence electrons. The van der Waals surface area contributed by atoms with Gasteiger partial charge in [-0.3, -0.25) is 14.5 Å². The second-order valence-electron chi connectivity index (χ2n) is 10.4. The third-order valence-electron chi connectivity index (χ3n) is 7.49. The van der Waals surface area contributed by atoms with Crippen LogP contribution in [0, 0.1) is 11.8 Å². The molecule has 5 rings (SSSR count). The third kappa shape index (κ3) is 6.83. The van der Waals surface area contributed by atoms with Crippen LogP contribution >= 0.6 is 22.9 Å². The molecule has 1 amide bonds. The average Bonchev–Trinajstić information content (AvgIpc) is 3.52. The molecule has 2 aliphatic rings. The zero-order valence-electron chi connectivity index (χ0n) is 21.2. The fraction of sp³-hybridized carbons (Fsp3) is 0.448. The normalized spacial score (nSPS) is 19.0. The van der Waals surface area contributed by atoms with Crippen LogP contribution in [0.5, 0.6) is 0 Å².